The second-order valence-electron chi connectivity index (χ2n) is 4.43. The monoisotopic (exact) mass is 220 g/mol. The number of amides is 1. The third-order valence-electron chi connectivity index (χ3n) is 2.74. The number of hydrogen-bond acceptors (Lipinski definition) is 2. The van der Waals surface area contributed by atoms with Crippen LogP contribution in [0.1, 0.15) is 29.8 Å². The minimum atomic E-state index is -0.0470. The van der Waals surface area contributed by atoms with Crippen molar-refractivity contribution in [2.75, 3.05) is 6.54 Å². The van der Waals surface area contributed by atoms with Gasteiger partial charge in [-0.15, -0.1) is 0 Å². The molecule has 1 rings (SSSR count). The molecule has 0 saturated carbocycles. The van der Waals surface area contributed by atoms with E-state index < -0.39 is 0 Å². The molecule has 0 saturated heterocycles. The van der Waals surface area contributed by atoms with Gasteiger partial charge in [0, 0.05) is 18.2 Å². The first kappa shape index (κ1) is 12.7. The van der Waals surface area contributed by atoms with Crippen molar-refractivity contribution in [1.82, 2.24) is 5.32 Å². The van der Waals surface area contributed by atoms with Crippen LogP contribution in [0.5, 0.6) is 0 Å². The minimum Gasteiger partial charge on any atom is -0.350 e. The van der Waals surface area contributed by atoms with Crippen molar-refractivity contribution < 1.29 is 4.79 Å². The first-order chi connectivity index (χ1) is 7.52. The van der Waals surface area contributed by atoms with E-state index in [1.54, 1.807) is 0 Å². The number of carbonyl (C=O) groups is 1. The van der Waals surface area contributed by atoms with Crippen molar-refractivity contribution in [1.29, 1.82) is 0 Å². The second kappa shape index (κ2) is 5.66. The standard InChI is InChI=1S/C13H20N2O/c1-9(2)12(14)8-15-13(16)11-7-5-4-6-10(11)3/h4-7,9,12H,8,14H2,1-3H3,(H,15,16)/t12-/m1/s1. The molecule has 16 heavy (non-hydrogen) atoms. The predicted octanol–water partition coefficient (Wildman–Crippen LogP) is 1.71. The zero-order chi connectivity index (χ0) is 12.1. The Labute approximate surface area is 97.0 Å². The third-order valence-corrected chi connectivity index (χ3v) is 2.74. The molecule has 3 heteroatoms. The molecule has 0 spiro atoms. The SMILES string of the molecule is Cc1ccccc1C(=O)NC[C@@H](N)C(C)C. The molecule has 0 aliphatic heterocycles. The summed E-state index contributed by atoms with van der Waals surface area (Å²) >= 11 is 0. The maximum atomic E-state index is 11.8. The Kier molecular flexibility index (Phi) is 4.50. The molecule has 1 aromatic rings. The van der Waals surface area contributed by atoms with Crippen LogP contribution >= 0.6 is 0 Å². The molecule has 1 atom stereocenters. The summed E-state index contributed by atoms with van der Waals surface area (Å²) in [6, 6.07) is 7.55. The van der Waals surface area contributed by atoms with Gasteiger partial charge in [0.2, 0.25) is 0 Å². The van der Waals surface area contributed by atoms with Crippen LogP contribution in [-0.4, -0.2) is 18.5 Å². The Morgan fingerprint density at radius 2 is 2.00 bits per heavy atom. The van der Waals surface area contributed by atoms with Crippen LogP contribution in [0.2, 0.25) is 0 Å². The number of benzene rings is 1. The fourth-order valence-electron chi connectivity index (χ4n) is 1.37. The van der Waals surface area contributed by atoms with Gasteiger partial charge in [-0.25, -0.2) is 0 Å². The lowest BCUT2D eigenvalue weighted by Crippen LogP contribution is -2.40. The molecule has 88 valence electrons. The Morgan fingerprint density at radius 1 is 1.38 bits per heavy atom. The molecule has 0 aliphatic carbocycles. The summed E-state index contributed by atoms with van der Waals surface area (Å²) in [5, 5.41) is 2.86. The van der Waals surface area contributed by atoms with E-state index in [0.29, 0.717) is 12.5 Å². The summed E-state index contributed by atoms with van der Waals surface area (Å²) in [4.78, 5) is 11.8. The number of aryl methyl sites for hydroxylation is 1. The van der Waals surface area contributed by atoms with Crippen LogP contribution in [0, 0.1) is 12.8 Å². The highest BCUT2D eigenvalue weighted by atomic mass is 16.1. The molecule has 0 aromatic heterocycles. The molecule has 3 nitrogen and oxygen atoms in total. The molecular formula is C13H20N2O. The lowest BCUT2D eigenvalue weighted by atomic mass is 10.0. The molecule has 1 aromatic carbocycles. The summed E-state index contributed by atoms with van der Waals surface area (Å²) in [6.45, 7) is 6.54. The van der Waals surface area contributed by atoms with E-state index >= 15 is 0 Å². The van der Waals surface area contributed by atoms with Crippen LogP contribution in [0.15, 0.2) is 24.3 Å². The van der Waals surface area contributed by atoms with Crippen molar-refractivity contribution in [3.05, 3.63) is 35.4 Å². The Morgan fingerprint density at radius 3 is 2.56 bits per heavy atom. The van der Waals surface area contributed by atoms with Crippen molar-refractivity contribution in [3.8, 4) is 0 Å². The van der Waals surface area contributed by atoms with Gasteiger partial charge in [-0.1, -0.05) is 32.0 Å². The fraction of sp³-hybridized carbons (Fsp3) is 0.462. The highest BCUT2D eigenvalue weighted by Gasteiger charge is 2.11. The quantitative estimate of drug-likeness (QED) is 0.811. The maximum Gasteiger partial charge on any atom is 0.251 e. The summed E-state index contributed by atoms with van der Waals surface area (Å²) in [6.07, 6.45) is 0. The second-order valence-corrected chi connectivity index (χ2v) is 4.43. The van der Waals surface area contributed by atoms with Gasteiger partial charge in [-0.2, -0.15) is 0 Å². The van der Waals surface area contributed by atoms with E-state index in [9.17, 15) is 4.79 Å². The molecule has 1 amide bonds. The van der Waals surface area contributed by atoms with Gasteiger partial charge in [0.1, 0.15) is 0 Å². The number of hydrogen-bond donors (Lipinski definition) is 2. The fourth-order valence-corrected chi connectivity index (χ4v) is 1.37. The van der Waals surface area contributed by atoms with E-state index in [1.165, 1.54) is 0 Å². The molecule has 3 N–H and O–H groups in total. The Bertz CT molecular complexity index is 361. The molecule has 0 bridgehead atoms. The van der Waals surface area contributed by atoms with Gasteiger partial charge < -0.3 is 11.1 Å². The van der Waals surface area contributed by atoms with E-state index in [2.05, 4.69) is 5.32 Å². The largest absolute Gasteiger partial charge is 0.350 e. The molecule has 0 aliphatic rings. The Hall–Kier alpha value is -1.35. The van der Waals surface area contributed by atoms with Crippen molar-refractivity contribution >= 4 is 5.91 Å². The average molecular weight is 220 g/mol. The van der Waals surface area contributed by atoms with Gasteiger partial charge in [0.25, 0.3) is 5.91 Å². The molecular weight excluding hydrogens is 200 g/mol. The third kappa shape index (κ3) is 3.35. The van der Waals surface area contributed by atoms with Crippen LogP contribution in [0.4, 0.5) is 0 Å². The summed E-state index contributed by atoms with van der Waals surface area (Å²) in [5.41, 5.74) is 7.57. The zero-order valence-corrected chi connectivity index (χ0v) is 10.2. The highest BCUT2D eigenvalue weighted by molar-refractivity contribution is 5.95. The summed E-state index contributed by atoms with van der Waals surface area (Å²) in [7, 11) is 0. The molecule has 0 radical (unpaired) electrons. The smallest absolute Gasteiger partial charge is 0.251 e. The Balaban J connectivity index is 2.57. The number of rotatable bonds is 4. The first-order valence-corrected chi connectivity index (χ1v) is 5.61. The van der Waals surface area contributed by atoms with Crippen molar-refractivity contribution in [2.45, 2.75) is 26.8 Å². The van der Waals surface area contributed by atoms with E-state index in [4.69, 9.17) is 5.73 Å². The number of nitrogens with two attached hydrogens (primary N) is 1. The number of nitrogens with one attached hydrogen (secondary N) is 1. The van der Waals surface area contributed by atoms with E-state index in [-0.39, 0.29) is 11.9 Å². The first-order valence-electron chi connectivity index (χ1n) is 5.61. The van der Waals surface area contributed by atoms with Gasteiger partial charge in [0.15, 0.2) is 0 Å². The minimum absolute atomic E-state index is 0.00738. The summed E-state index contributed by atoms with van der Waals surface area (Å²) in [5.74, 6) is 0.325. The zero-order valence-electron chi connectivity index (χ0n) is 10.2. The molecule has 0 fully saturated rings. The van der Waals surface area contributed by atoms with Crippen LogP contribution in [-0.2, 0) is 0 Å². The van der Waals surface area contributed by atoms with Crippen LogP contribution in [0.25, 0.3) is 0 Å². The topological polar surface area (TPSA) is 55.1 Å². The van der Waals surface area contributed by atoms with Gasteiger partial charge >= 0.3 is 0 Å². The van der Waals surface area contributed by atoms with Gasteiger partial charge in [-0.3, -0.25) is 4.79 Å². The van der Waals surface area contributed by atoms with Gasteiger partial charge in [-0.05, 0) is 24.5 Å². The maximum absolute atomic E-state index is 11.8. The van der Waals surface area contributed by atoms with Crippen LogP contribution in [0.3, 0.4) is 0 Å². The van der Waals surface area contributed by atoms with Crippen LogP contribution < -0.4 is 11.1 Å². The normalized spacial score (nSPS) is 12.6. The molecule has 0 unspecified atom stereocenters. The van der Waals surface area contributed by atoms with Crippen molar-refractivity contribution in [3.63, 3.8) is 0 Å². The summed E-state index contributed by atoms with van der Waals surface area (Å²) < 4.78 is 0. The lowest BCUT2D eigenvalue weighted by molar-refractivity contribution is 0.0948. The van der Waals surface area contributed by atoms with E-state index in [1.807, 2.05) is 45.0 Å². The van der Waals surface area contributed by atoms with E-state index in [0.717, 1.165) is 11.1 Å². The number of carbonyl (C=O) groups excluding carboxylic acids is 1. The van der Waals surface area contributed by atoms with Crippen molar-refractivity contribution in [2.24, 2.45) is 11.7 Å². The van der Waals surface area contributed by atoms with Gasteiger partial charge in [0.05, 0.1) is 0 Å². The average Bonchev–Trinajstić information content (AvgIpc) is 2.25. The molecule has 0 heterocycles. The highest BCUT2D eigenvalue weighted by Crippen LogP contribution is 2.06. The lowest BCUT2D eigenvalue weighted by Gasteiger charge is -2.16. The predicted molar refractivity (Wildman–Crippen MR) is 66.3 cm³/mol.